The molecule has 2 heterocycles. The van der Waals surface area contributed by atoms with Gasteiger partial charge in [-0.15, -0.1) is 0 Å². The molecule has 6 heteroatoms. The Labute approximate surface area is 116 Å². The van der Waals surface area contributed by atoms with E-state index in [0.717, 1.165) is 18.2 Å². The molecule has 0 atom stereocenters. The fourth-order valence-corrected chi connectivity index (χ4v) is 1.72. The van der Waals surface area contributed by atoms with E-state index in [1.807, 2.05) is 13.0 Å². The van der Waals surface area contributed by atoms with Crippen LogP contribution < -0.4 is 10.6 Å². The molecule has 0 bridgehead atoms. The van der Waals surface area contributed by atoms with Crippen LogP contribution in [0.3, 0.4) is 0 Å². The van der Waals surface area contributed by atoms with Crippen LogP contribution in [0.5, 0.6) is 0 Å². The van der Waals surface area contributed by atoms with Gasteiger partial charge < -0.3 is 15.1 Å². The van der Waals surface area contributed by atoms with Crippen molar-refractivity contribution in [3.8, 4) is 0 Å². The van der Waals surface area contributed by atoms with Gasteiger partial charge >= 0.3 is 0 Å². The highest BCUT2D eigenvalue weighted by Crippen LogP contribution is 2.19. The zero-order valence-electron chi connectivity index (χ0n) is 11.2. The van der Waals surface area contributed by atoms with E-state index in [-0.39, 0.29) is 11.6 Å². The molecule has 0 amide bonds. The van der Waals surface area contributed by atoms with Crippen LogP contribution >= 0.6 is 0 Å². The molecule has 2 aromatic heterocycles. The third kappa shape index (κ3) is 3.69. The Morgan fingerprint density at radius 1 is 1.15 bits per heavy atom. The van der Waals surface area contributed by atoms with Gasteiger partial charge in [-0.3, -0.25) is 0 Å². The highest BCUT2D eigenvalue weighted by atomic mass is 19.1. The highest BCUT2D eigenvalue weighted by molar-refractivity contribution is 5.47. The molecule has 0 aromatic carbocycles. The lowest BCUT2D eigenvalue weighted by Gasteiger charge is -2.10. The first-order valence-electron chi connectivity index (χ1n) is 6.57. The molecule has 0 saturated carbocycles. The molecule has 0 aliphatic heterocycles. The van der Waals surface area contributed by atoms with Crippen molar-refractivity contribution in [3.63, 3.8) is 0 Å². The van der Waals surface area contributed by atoms with Crippen LogP contribution in [0.4, 0.5) is 20.4 Å². The standard InChI is InChI=1S/C14H17F2N3O/c1-2-6-17-13-11(15)9-12(16)14(19-13)18-7-5-10-4-3-8-20-10/h3-4,8-9H,2,5-7H2,1H3,(H2,17,18,19). The van der Waals surface area contributed by atoms with E-state index >= 15 is 0 Å². The summed E-state index contributed by atoms with van der Waals surface area (Å²) >= 11 is 0. The minimum absolute atomic E-state index is 0.0385. The number of furan rings is 1. The number of pyridine rings is 1. The summed E-state index contributed by atoms with van der Waals surface area (Å²) in [7, 11) is 0. The van der Waals surface area contributed by atoms with Crippen molar-refractivity contribution >= 4 is 11.6 Å². The van der Waals surface area contributed by atoms with Gasteiger partial charge in [-0.1, -0.05) is 6.92 Å². The normalized spacial score (nSPS) is 10.6. The largest absolute Gasteiger partial charge is 0.469 e. The number of hydrogen-bond acceptors (Lipinski definition) is 4. The van der Waals surface area contributed by atoms with E-state index in [2.05, 4.69) is 15.6 Å². The predicted octanol–water partition coefficient (Wildman–Crippen LogP) is 3.43. The summed E-state index contributed by atoms with van der Waals surface area (Å²) in [6.07, 6.45) is 3.02. The van der Waals surface area contributed by atoms with Gasteiger partial charge in [-0.25, -0.2) is 13.8 Å². The average Bonchev–Trinajstić information content (AvgIpc) is 2.93. The molecule has 108 valence electrons. The van der Waals surface area contributed by atoms with Gasteiger partial charge in [0, 0.05) is 25.6 Å². The van der Waals surface area contributed by atoms with Gasteiger partial charge in [-0.2, -0.15) is 0 Å². The van der Waals surface area contributed by atoms with Crippen LogP contribution in [-0.2, 0) is 6.42 Å². The Morgan fingerprint density at radius 3 is 2.45 bits per heavy atom. The molecule has 4 nitrogen and oxygen atoms in total. The van der Waals surface area contributed by atoms with Crippen molar-refractivity contribution in [1.82, 2.24) is 4.98 Å². The van der Waals surface area contributed by atoms with Crippen LogP contribution in [-0.4, -0.2) is 18.1 Å². The Hall–Kier alpha value is -2.11. The maximum Gasteiger partial charge on any atom is 0.168 e. The Kier molecular flexibility index (Phi) is 4.92. The SMILES string of the molecule is CCCNc1nc(NCCc2ccco2)c(F)cc1F. The van der Waals surface area contributed by atoms with Crippen LogP contribution in [0.2, 0.25) is 0 Å². The first kappa shape index (κ1) is 14.3. The molecule has 0 aliphatic rings. The number of halogens is 2. The summed E-state index contributed by atoms with van der Waals surface area (Å²) in [6, 6.07) is 4.46. The van der Waals surface area contributed by atoms with E-state index in [1.54, 1.807) is 12.3 Å². The van der Waals surface area contributed by atoms with Crippen molar-refractivity contribution in [1.29, 1.82) is 0 Å². The molecule has 0 fully saturated rings. The summed E-state index contributed by atoms with van der Waals surface area (Å²) in [5.41, 5.74) is 0. The number of aromatic nitrogens is 1. The fraction of sp³-hybridized carbons (Fsp3) is 0.357. The number of nitrogens with one attached hydrogen (secondary N) is 2. The van der Waals surface area contributed by atoms with E-state index in [9.17, 15) is 8.78 Å². The number of nitrogens with zero attached hydrogens (tertiary/aromatic N) is 1. The minimum atomic E-state index is -0.705. The second-order valence-electron chi connectivity index (χ2n) is 4.33. The second kappa shape index (κ2) is 6.88. The summed E-state index contributed by atoms with van der Waals surface area (Å²) in [4.78, 5) is 3.93. The van der Waals surface area contributed by atoms with Gasteiger partial charge in [0.2, 0.25) is 0 Å². The second-order valence-corrected chi connectivity index (χ2v) is 4.33. The number of rotatable bonds is 7. The molecular formula is C14H17F2N3O. The first-order chi connectivity index (χ1) is 9.70. The predicted molar refractivity (Wildman–Crippen MR) is 73.8 cm³/mol. The molecule has 0 saturated heterocycles. The van der Waals surface area contributed by atoms with Gasteiger partial charge in [0.05, 0.1) is 6.26 Å². The van der Waals surface area contributed by atoms with Gasteiger partial charge in [-0.05, 0) is 18.6 Å². The van der Waals surface area contributed by atoms with E-state index in [0.29, 0.717) is 19.5 Å². The maximum atomic E-state index is 13.6. The molecule has 0 aliphatic carbocycles. The lowest BCUT2D eigenvalue weighted by molar-refractivity contribution is 0.512. The molecule has 0 spiro atoms. The van der Waals surface area contributed by atoms with Gasteiger partial charge in [0.15, 0.2) is 23.3 Å². The minimum Gasteiger partial charge on any atom is -0.469 e. The Balaban J connectivity index is 1.99. The molecule has 0 radical (unpaired) electrons. The topological polar surface area (TPSA) is 50.1 Å². The van der Waals surface area contributed by atoms with Crippen LogP contribution in [0.25, 0.3) is 0 Å². The Bertz CT molecular complexity index is 544. The van der Waals surface area contributed by atoms with E-state index in [4.69, 9.17) is 4.42 Å². The quantitative estimate of drug-likeness (QED) is 0.816. The van der Waals surface area contributed by atoms with Gasteiger partial charge in [0.25, 0.3) is 0 Å². The van der Waals surface area contributed by atoms with Crippen molar-refractivity contribution in [2.75, 3.05) is 23.7 Å². The summed E-state index contributed by atoms with van der Waals surface area (Å²) in [6.45, 7) is 2.99. The maximum absolute atomic E-state index is 13.6. The zero-order chi connectivity index (χ0) is 14.4. The van der Waals surface area contributed by atoms with E-state index < -0.39 is 11.6 Å². The third-order valence-corrected chi connectivity index (χ3v) is 2.72. The number of hydrogen-bond donors (Lipinski definition) is 2. The molecule has 0 unspecified atom stereocenters. The van der Waals surface area contributed by atoms with Gasteiger partial charge in [0.1, 0.15) is 5.76 Å². The smallest absolute Gasteiger partial charge is 0.168 e. The highest BCUT2D eigenvalue weighted by Gasteiger charge is 2.11. The average molecular weight is 281 g/mol. The molecule has 2 N–H and O–H groups in total. The summed E-state index contributed by atoms with van der Waals surface area (Å²) < 4.78 is 32.3. The first-order valence-corrected chi connectivity index (χ1v) is 6.57. The lowest BCUT2D eigenvalue weighted by Crippen LogP contribution is -2.11. The summed E-state index contributed by atoms with van der Waals surface area (Å²) in [5, 5.41) is 5.67. The van der Waals surface area contributed by atoms with Crippen molar-refractivity contribution < 1.29 is 13.2 Å². The molecule has 2 rings (SSSR count). The zero-order valence-corrected chi connectivity index (χ0v) is 11.2. The molecule has 2 aromatic rings. The van der Waals surface area contributed by atoms with Crippen molar-refractivity contribution in [2.24, 2.45) is 0 Å². The third-order valence-electron chi connectivity index (χ3n) is 2.72. The number of anilines is 2. The van der Waals surface area contributed by atoms with Crippen molar-refractivity contribution in [3.05, 3.63) is 41.9 Å². The van der Waals surface area contributed by atoms with Crippen molar-refractivity contribution in [2.45, 2.75) is 19.8 Å². The van der Waals surface area contributed by atoms with Crippen LogP contribution in [0.1, 0.15) is 19.1 Å². The van der Waals surface area contributed by atoms with Crippen LogP contribution in [0, 0.1) is 11.6 Å². The fourth-order valence-electron chi connectivity index (χ4n) is 1.72. The molecule has 20 heavy (non-hydrogen) atoms. The monoisotopic (exact) mass is 281 g/mol. The Morgan fingerprint density at radius 2 is 1.85 bits per heavy atom. The summed E-state index contributed by atoms with van der Waals surface area (Å²) in [5.74, 6) is -0.494. The van der Waals surface area contributed by atoms with Crippen LogP contribution in [0.15, 0.2) is 28.9 Å². The van der Waals surface area contributed by atoms with E-state index in [1.165, 1.54) is 0 Å². The molecular weight excluding hydrogens is 264 g/mol. The lowest BCUT2D eigenvalue weighted by atomic mass is 10.3.